The van der Waals surface area contributed by atoms with Gasteiger partial charge in [-0.15, -0.1) is 13.2 Å². The van der Waals surface area contributed by atoms with Gasteiger partial charge in [0.05, 0.1) is 17.5 Å². The number of halogens is 3. The number of carbonyl (C=O) groups is 1. The molecule has 1 aromatic carbocycles. The van der Waals surface area contributed by atoms with E-state index in [-0.39, 0.29) is 16.9 Å². The maximum atomic E-state index is 12.4. The predicted molar refractivity (Wildman–Crippen MR) is 82.5 cm³/mol. The third kappa shape index (κ3) is 6.12. The van der Waals surface area contributed by atoms with Crippen LogP contribution in [0, 0.1) is 0 Å². The quantitative estimate of drug-likeness (QED) is 0.804. The Hall–Kier alpha value is -1.61. The molecule has 0 spiro atoms. The number of sulfone groups is 1. The van der Waals surface area contributed by atoms with Gasteiger partial charge in [-0.2, -0.15) is 0 Å². The second kappa shape index (κ2) is 7.98. The fourth-order valence-corrected chi connectivity index (χ4v) is 2.67. The summed E-state index contributed by atoms with van der Waals surface area (Å²) in [4.78, 5) is 12.3. The number of amides is 1. The average molecular weight is 367 g/mol. The van der Waals surface area contributed by atoms with E-state index in [0.717, 1.165) is 6.26 Å². The van der Waals surface area contributed by atoms with Crippen molar-refractivity contribution in [2.45, 2.75) is 44.0 Å². The molecule has 1 N–H and O–H groups in total. The number of benzene rings is 1. The van der Waals surface area contributed by atoms with Crippen molar-refractivity contribution in [1.29, 1.82) is 0 Å². The first-order chi connectivity index (χ1) is 11.0. The molecule has 1 atom stereocenters. The first kappa shape index (κ1) is 20.4. The maximum absolute atomic E-state index is 12.4. The molecule has 0 aromatic heterocycles. The van der Waals surface area contributed by atoms with Crippen molar-refractivity contribution >= 4 is 15.7 Å². The van der Waals surface area contributed by atoms with Crippen LogP contribution < -0.4 is 5.32 Å². The van der Waals surface area contributed by atoms with Crippen molar-refractivity contribution in [3.63, 3.8) is 0 Å². The zero-order chi connectivity index (χ0) is 18.5. The minimum atomic E-state index is -4.77. The molecule has 0 aliphatic rings. The van der Waals surface area contributed by atoms with Crippen molar-refractivity contribution in [3.8, 4) is 0 Å². The number of nitrogens with one attached hydrogen (secondary N) is 1. The summed E-state index contributed by atoms with van der Waals surface area (Å²) in [6, 6.07) is 3.32. The van der Waals surface area contributed by atoms with Gasteiger partial charge < -0.3 is 5.32 Å². The molecule has 0 unspecified atom stereocenters. The number of ether oxygens (including phenoxy) is 1. The van der Waals surface area contributed by atoms with Gasteiger partial charge in [0.2, 0.25) is 0 Å². The molecule has 5 nitrogen and oxygen atoms in total. The fraction of sp³-hybridized carbons (Fsp3) is 0.533. The largest absolute Gasteiger partial charge is 0.522 e. The van der Waals surface area contributed by atoms with Crippen LogP contribution in [0.15, 0.2) is 23.1 Å². The minimum Gasteiger partial charge on any atom is -0.347 e. The summed E-state index contributed by atoms with van der Waals surface area (Å²) in [6.07, 6.45) is -3.05. The Bertz CT molecular complexity index is 686. The van der Waals surface area contributed by atoms with Crippen molar-refractivity contribution in [3.05, 3.63) is 29.3 Å². The van der Waals surface area contributed by atoms with E-state index in [0.29, 0.717) is 12.0 Å². The van der Waals surface area contributed by atoms with Crippen LogP contribution in [-0.4, -0.2) is 39.6 Å². The van der Waals surface area contributed by atoms with Crippen molar-refractivity contribution in [1.82, 2.24) is 5.32 Å². The maximum Gasteiger partial charge on any atom is 0.522 e. The molecular weight excluding hydrogens is 347 g/mol. The van der Waals surface area contributed by atoms with Gasteiger partial charge in [-0.3, -0.25) is 9.53 Å². The number of hydrogen-bond acceptors (Lipinski definition) is 4. The standard InChI is InChI=1S/C15H20F3NO4S/c1-4-10-6-7-12(24(3,21)22)8-13(10)14(20)19-11(5-2)9-23-15(16,17)18/h6-8,11H,4-5,9H2,1-3H3,(H,19,20)/t11-/m1/s1. The molecule has 0 saturated carbocycles. The molecular formula is C15H20F3NO4S. The SMILES string of the molecule is CCc1ccc(S(C)(=O)=O)cc1C(=O)N[C@H](CC)COC(F)(F)F. The van der Waals surface area contributed by atoms with Gasteiger partial charge in [-0.1, -0.05) is 19.9 Å². The van der Waals surface area contributed by atoms with Gasteiger partial charge >= 0.3 is 6.36 Å². The van der Waals surface area contributed by atoms with Crippen LogP contribution in [-0.2, 0) is 21.0 Å². The first-order valence-corrected chi connectivity index (χ1v) is 9.21. The molecule has 0 fully saturated rings. The molecule has 0 saturated heterocycles. The predicted octanol–water partition coefficient (Wildman–Crippen LogP) is 2.70. The van der Waals surface area contributed by atoms with Crippen LogP contribution in [0.2, 0.25) is 0 Å². The van der Waals surface area contributed by atoms with Gasteiger partial charge in [0.15, 0.2) is 9.84 Å². The lowest BCUT2D eigenvalue weighted by Crippen LogP contribution is -2.39. The summed E-state index contributed by atoms with van der Waals surface area (Å²) < 4.78 is 63.3. The molecule has 0 bridgehead atoms. The lowest BCUT2D eigenvalue weighted by atomic mass is 10.0. The Morgan fingerprint density at radius 1 is 1.29 bits per heavy atom. The molecule has 0 radical (unpaired) electrons. The van der Waals surface area contributed by atoms with E-state index in [4.69, 9.17) is 0 Å². The Morgan fingerprint density at radius 3 is 2.38 bits per heavy atom. The van der Waals surface area contributed by atoms with E-state index in [2.05, 4.69) is 10.1 Å². The van der Waals surface area contributed by atoms with Gasteiger partial charge in [0, 0.05) is 11.8 Å². The second-order valence-electron chi connectivity index (χ2n) is 5.28. The van der Waals surface area contributed by atoms with Crippen LogP contribution in [0.4, 0.5) is 13.2 Å². The number of aryl methyl sites for hydroxylation is 1. The van der Waals surface area contributed by atoms with Crippen LogP contribution in [0.1, 0.15) is 36.2 Å². The molecule has 1 amide bonds. The third-order valence-corrected chi connectivity index (χ3v) is 4.52. The lowest BCUT2D eigenvalue weighted by Gasteiger charge is -2.19. The number of hydrogen-bond donors (Lipinski definition) is 1. The second-order valence-corrected chi connectivity index (χ2v) is 7.30. The van der Waals surface area contributed by atoms with Gasteiger partial charge in [0.1, 0.15) is 0 Å². The van der Waals surface area contributed by atoms with Gasteiger partial charge in [-0.25, -0.2) is 8.42 Å². The molecule has 24 heavy (non-hydrogen) atoms. The highest BCUT2D eigenvalue weighted by atomic mass is 32.2. The molecule has 0 aliphatic heterocycles. The summed E-state index contributed by atoms with van der Waals surface area (Å²) in [7, 11) is -3.50. The summed E-state index contributed by atoms with van der Waals surface area (Å²) in [5.41, 5.74) is 0.734. The first-order valence-electron chi connectivity index (χ1n) is 7.32. The molecule has 9 heteroatoms. The summed E-state index contributed by atoms with van der Waals surface area (Å²) in [6.45, 7) is 2.69. The molecule has 136 valence electrons. The average Bonchev–Trinajstić information content (AvgIpc) is 2.48. The fourth-order valence-electron chi connectivity index (χ4n) is 2.03. The van der Waals surface area contributed by atoms with Crippen LogP contribution >= 0.6 is 0 Å². The van der Waals surface area contributed by atoms with E-state index in [1.165, 1.54) is 18.2 Å². The minimum absolute atomic E-state index is 0.0237. The zero-order valence-electron chi connectivity index (χ0n) is 13.6. The monoisotopic (exact) mass is 367 g/mol. The highest BCUT2D eigenvalue weighted by Crippen LogP contribution is 2.19. The lowest BCUT2D eigenvalue weighted by molar-refractivity contribution is -0.326. The highest BCUT2D eigenvalue weighted by Gasteiger charge is 2.30. The Kier molecular flexibility index (Phi) is 6.79. The smallest absolute Gasteiger partial charge is 0.347 e. The Balaban J connectivity index is 3.00. The molecule has 1 rings (SSSR count). The van der Waals surface area contributed by atoms with Crippen molar-refractivity contribution < 1.29 is 31.1 Å². The number of carbonyl (C=O) groups excluding carboxylic acids is 1. The van der Waals surface area contributed by atoms with E-state index in [1.807, 2.05) is 0 Å². The van der Waals surface area contributed by atoms with Crippen molar-refractivity contribution in [2.24, 2.45) is 0 Å². The van der Waals surface area contributed by atoms with Crippen molar-refractivity contribution in [2.75, 3.05) is 12.9 Å². The Labute approximate surface area is 139 Å². The van der Waals surface area contributed by atoms with E-state index in [9.17, 15) is 26.4 Å². The topological polar surface area (TPSA) is 72.5 Å². The van der Waals surface area contributed by atoms with E-state index >= 15 is 0 Å². The molecule has 0 aliphatic carbocycles. The van der Waals surface area contributed by atoms with Gasteiger partial charge in [-0.05, 0) is 30.5 Å². The molecule has 0 heterocycles. The third-order valence-electron chi connectivity index (χ3n) is 3.41. The zero-order valence-corrected chi connectivity index (χ0v) is 14.4. The normalized spacial score (nSPS) is 13.6. The van der Waals surface area contributed by atoms with Crippen LogP contribution in [0.3, 0.4) is 0 Å². The summed E-state index contributed by atoms with van der Waals surface area (Å²) in [5.74, 6) is -0.630. The summed E-state index contributed by atoms with van der Waals surface area (Å²) in [5, 5.41) is 2.45. The van der Waals surface area contributed by atoms with Crippen LogP contribution in [0.25, 0.3) is 0 Å². The molecule has 1 aromatic rings. The van der Waals surface area contributed by atoms with Crippen LogP contribution in [0.5, 0.6) is 0 Å². The summed E-state index contributed by atoms with van der Waals surface area (Å²) >= 11 is 0. The highest BCUT2D eigenvalue weighted by molar-refractivity contribution is 7.90. The Morgan fingerprint density at radius 2 is 1.92 bits per heavy atom. The number of rotatable bonds is 7. The van der Waals surface area contributed by atoms with E-state index < -0.39 is 34.8 Å². The van der Waals surface area contributed by atoms with E-state index in [1.54, 1.807) is 13.8 Å². The number of alkyl halides is 3. The van der Waals surface area contributed by atoms with Gasteiger partial charge in [0.25, 0.3) is 5.91 Å².